The van der Waals surface area contributed by atoms with Gasteiger partial charge in [-0.25, -0.2) is 0 Å². The monoisotopic (exact) mass is 475 g/mol. The Morgan fingerprint density at radius 1 is 1.23 bits per heavy atom. The summed E-state index contributed by atoms with van der Waals surface area (Å²) in [6.45, 7) is 2.68. The summed E-state index contributed by atoms with van der Waals surface area (Å²) >= 11 is 0. The smallest absolute Gasteiger partial charge is 0.261 e. The molecule has 0 aliphatic carbocycles. The molecule has 3 heterocycles. The molecule has 0 bridgehead atoms. The summed E-state index contributed by atoms with van der Waals surface area (Å²) in [5.41, 5.74) is 2.01. The van der Waals surface area contributed by atoms with Gasteiger partial charge in [0.2, 0.25) is 11.8 Å². The Labute approximate surface area is 203 Å². The van der Waals surface area contributed by atoms with Crippen LogP contribution in [0.25, 0.3) is 0 Å². The minimum Gasteiger partial charge on any atom is -0.394 e. The Hall–Kier alpha value is -3.49. The Bertz CT molecular complexity index is 1230. The van der Waals surface area contributed by atoms with Crippen LogP contribution in [0.1, 0.15) is 36.5 Å². The number of aliphatic hydroxyl groups is 2. The van der Waals surface area contributed by atoms with Gasteiger partial charge in [0.25, 0.3) is 5.91 Å². The highest BCUT2D eigenvalue weighted by atomic mass is 16.3. The van der Waals surface area contributed by atoms with Gasteiger partial charge >= 0.3 is 0 Å². The minimum absolute atomic E-state index is 0.0127. The first-order chi connectivity index (χ1) is 16.8. The molecule has 1 saturated heterocycles. The van der Waals surface area contributed by atoms with Crippen molar-refractivity contribution >= 4 is 29.1 Å². The zero-order valence-corrected chi connectivity index (χ0v) is 19.6. The standard InChI is InChI=1S/C27H29N3O5/c1-17(5-4-8-24(32)30-15-19-7-3-2-6-18(19)13-21(30)16-31)27(35)22-14-20(29-12-11-25(29)33)9-10-23(22)28-26(27)34/h2-7,9-10,14,17,21,31,35H,8,11-13,15-16H2,1H3,(H,28,34)/b5-4+/t17-,21-,27+/m0/s1. The lowest BCUT2D eigenvalue weighted by Gasteiger charge is -2.36. The van der Waals surface area contributed by atoms with Crippen molar-refractivity contribution < 1.29 is 24.6 Å². The van der Waals surface area contributed by atoms with E-state index in [0.717, 1.165) is 11.1 Å². The summed E-state index contributed by atoms with van der Waals surface area (Å²) in [6, 6.07) is 12.8. The van der Waals surface area contributed by atoms with Crippen LogP contribution in [0.3, 0.4) is 0 Å². The highest BCUT2D eigenvalue weighted by molar-refractivity contribution is 6.06. The van der Waals surface area contributed by atoms with Crippen LogP contribution in [-0.4, -0.2) is 52.0 Å². The van der Waals surface area contributed by atoms with Gasteiger partial charge in [-0.05, 0) is 35.7 Å². The fourth-order valence-electron chi connectivity index (χ4n) is 5.18. The summed E-state index contributed by atoms with van der Waals surface area (Å²) in [4.78, 5) is 41.0. The third-order valence-corrected chi connectivity index (χ3v) is 7.43. The van der Waals surface area contributed by atoms with Gasteiger partial charge in [0, 0.05) is 48.8 Å². The first-order valence-corrected chi connectivity index (χ1v) is 12.0. The summed E-state index contributed by atoms with van der Waals surface area (Å²) in [7, 11) is 0. The average Bonchev–Trinajstić information content (AvgIpc) is 3.12. The second-order valence-electron chi connectivity index (χ2n) is 9.50. The fraction of sp³-hybridized carbons (Fsp3) is 0.370. The predicted molar refractivity (Wildman–Crippen MR) is 130 cm³/mol. The second kappa shape index (κ2) is 8.94. The first-order valence-electron chi connectivity index (χ1n) is 12.0. The van der Waals surface area contributed by atoms with Crippen molar-refractivity contribution in [1.82, 2.24) is 4.90 Å². The average molecular weight is 476 g/mol. The van der Waals surface area contributed by atoms with Crippen LogP contribution in [0, 0.1) is 5.92 Å². The van der Waals surface area contributed by atoms with E-state index in [4.69, 9.17) is 0 Å². The van der Waals surface area contributed by atoms with Crippen LogP contribution in [0.15, 0.2) is 54.6 Å². The maximum absolute atomic E-state index is 13.0. The van der Waals surface area contributed by atoms with Crippen molar-refractivity contribution in [3.8, 4) is 0 Å². The summed E-state index contributed by atoms with van der Waals surface area (Å²) in [5, 5.41) is 24.0. The molecule has 3 atom stereocenters. The highest BCUT2D eigenvalue weighted by Crippen LogP contribution is 2.43. The number of hydrogen-bond acceptors (Lipinski definition) is 5. The molecule has 2 aromatic carbocycles. The molecule has 5 rings (SSSR count). The molecular formula is C27H29N3O5. The number of fused-ring (bicyclic) bond motifs is 2. The van der Waals surface area contributed by atoms with E-state index in [0.29, 0.717) is 42.9 Å². The molecule has 8 nitrogen and oxygen atoms in total. The first kappa shape index (κ1) is 23.3. The van der Waals surface area contributed by atoms with Crippen LogP contribution in [0.2, 0.25) is 0 Å². The third-order valence-electron chi connectivity index (χ3n) is 7.43. The van der Waals surface area contributed by atoms with Gasteiger partial charge in [-0.3, -0.25) is 14.4 Å². The largest absolute Gasteiger partial charge is 0.394 e. The molecule has 35 heavy (non-hydrogen) atoms. The van der Waals surface area contributed by atoms with Crippen molar-refractivity contribution in [2.75, 3.05) is 23.4 Å². The number of anilines is 2. The van der Waals surface area contributed by atoms with Crippen LogP contribution in [-0.2, 0) is 33.0 Å². The molecule has 0 saturated carbocycles. The molecule has 182 valence electrons. The molecule has 8 heteroatoms. The van der Waals surface area contributed by atoms with Crippen molar-refractivity contribution in [2.24, 2.45) is 5.92 Å². The maximum Gasteiger partial charge on any atom is 0.261 e. The minimum atomic E-state index is -1.81. The van der Waals surface area contributed by atoms with E-state index in [1.54, 1.807) is 47.1 Å². The Morgan fingerprint density at radius 3 is 2.69 bits per heavy atom. The summed E-state index contributed by atoms with van der Waals surface area (Å²) in [6.07, 6.45) is 4.55. The number of hydrogen-bond donors (Lipinski definition) is 3. The maximum atomic E-state index is 13.0. The zero-order chi connectivity index (χ0) is 24.7. The van der Waals surface area contributed by atoms with Crippen molar-refractivity contribution in [1.29, 1.82) is 0 Å². The number of carbonyl (C=O) groups excluding carboxylic acids is 3. The SMILES string of the molecule is C[C@@H](/C=C/CC(=O)N1Cc2ccccc2C[C@H]1CO)[C@]1(O)C(=O)Nc2ccc(N3CCC3=O)cc21. The molecule has 3 aliphatic rings. The number of rotatable bonds is 6. The third kappa shape index (κ3) is 3.92. The lowest BCUT2D eigenvalue weighted by molar-refractivity contribution is -0.137. The molecule has 1 fully saturated rings. The van der Waals surface area contributed by atoms with E-state index in [2.05, 4.69) is 5.32 Å². The van der Waals surface area contributed by atoms with Crippen molar-refractivity contribution in [3.05, 3.63) is 71.3 Å². The summed E-state index contributed by atoms with van der Waals surface area (Å²) < 4.78 is 0. The highest BCUT2D eigenvalue weighted by Gasteiger charge is 2.49. The Balaban J connectivity index is 1.30. The van der Waals surface area contributed by atoms with Gasteiger partial charge in [-0.1, -0.05) is 43.3 Å². The summed E-state index contributed by atoms with van der Waals surface area (Å²) in [5.74, 6) is -1.26. The number of carbonyl (C=O) groups is 3. The second-order valence-corrected chi connectivity index (χ2v) is 9.50. The molecule has 2 aromatic rings. The number of nitrogens with one attached hydrogen (secondary N) is 1. The van der Waals surface area contributed by atoms with Crippen LogP contribution >= 0.6 is 0 Å². The van der Waals surface area contributed by atoms with Gasteiger partial charge in [0.05, 0.1) is 12.6 Å². The van der Waals surface area contributed by atoms with E-state index in [-0.39, 0.29) is 30.9 Å². The van der Waals surface area contributed by atoms with E-state index in [1.807, 2.05) is 24.3 Å². The van der Waals surface area contributed by atoms with Crippen LogP contribution in [0.4, 0.5) is 11.4 Å². The number of amides is 3. The molecule has 3 aliphatic heterocycles. The van der Waals surface area contributed by atoms with E-state index >= 15 is 0 Å². The molecular weight excluding hydrogens is 446 g/mol. The van der Waals surface area contributed by atoms with E-state index < -0.39 is 17.4 Å². The number of nitrogens with zero attached hydrogens (tertiary/aromatic N) is 2. The fourth-order valence-corrected chi connectivity index (χ4v) is 5.18. The molecule has 0 unspecified atom stereocenters. The molecule has 0 spiro atoms. The van der Waals surface area contributed by atoms with E-state index in [9.17, 15) is 24.6 Å². The van der Waals surface area contributed by atoms with Gasteiger partial charge in [-0.15, -0.1) is 0 Å². The van der Waals surface area contributed by atoms with Gasteiger partial charge in [0.15, 0.2) is 5.60 Å². The van der Waals surface area contributed by atoms with Gasteiger partial charge < -0.3 is 25.3 Å². The van der Waals surface area contributed by atoms with Crippen molar-refractivity contribution in [2.45, 2.75) is 44.4 Å². The zero-order valence-electron chi connectivity index (χ0n) is 19.6. The molecule has 3 N–H and O–H groups in total. The normalized spacial score (nSPS) is 24.1. The van der Waals surface area contributed by atoms with E-state index in [1.165, 1.54) is 0 Å². The lowest BCUT2D eigenvalue weighted by Crippen LogP contribution is -2.46. The Morgan fingerprint density at radius 2 is 2.00 bits per heavy atom. The number of benzene rings is 2. The number of aliphatic hydroxyl groups excluding tert-OH is 1. The lowest BCUT2D eigenvalue weighted by atomic mass is 9.82. The van der Waals surface area contributed by atoms with Gasteiger partial charge in [0.1, 0.15) is 0 Å². The predicted octanol–water partition coefficient (Wildman–Crippen LogP) is 2.09. The number of β-lactam (4-membered cyclic amide) rings is 1. The topological polar surface area (TPSA) is 110 Å². The molecule has 3 amide bonds. The molecule has 0 aromatic heterocycles. The Kier molecular flexibility index (Phi) is 5.94. The van der Waals surface area contributed by atoms with Gasteiger partial charge in [-0.2, -0.15) is 0 Å². The quantitative estimate of drug-likeness (QED) is 0.438. The molecule has 0 radical (unpaired) electrons. The van der Waals surface area contributed by atoms with Crippen LogP contribution in [0.5, 0.6) is 0 Å². The van der Waals surface area contributed by atoms with Crippen LogP contribution < -0.4 is 10.2 Å². The van der Waals surface area contributed by atoms with Crippen molar-refractivity contribution in [3.63, 3.8) is 0 Å².